The minimum Gasteiger partial charge on any atom is -0.494 e. The van der Waals surface area contributed by atoms with Crippen LogP contribution in [0.15, 0.2) is 30.3 Å². The molecule has 0 spiro atoms. The molecule has 1 aliphatic rings. The van der Waals surface area contributed by atoms with Gasteiger partial charge in [-0.15, -0.1) is 0 Å². The Kier molecular flexibility index (Phi) is 3.61. The zero-order valence-electron chi connectivity index (χ0n) is 11.1. The topological polar surface area (TPSA) is 47.9 Å². The lowest BCUT2D eigenvalue weighted by atomic mass is 10.0. The van der Waals surface area contributed by atoms with E-state index in [0.29, 0.717) is 27.6 Å². The third-order valence-electron chi connectivity index (χ3n) is 3.26. The third kappa shape index (κ3) is 2.50. The maximum absolute atomic E-state index is 13.7. The molecule has 0 bridgehead atoms. The number of aliphatic hydroxyl groups excluding tert-OH is 1. The summed E-state index contributed by atoms with van der Waals surface area (Å²) in [5.74, 6) is 0.495. The SMILES string of the molecule is COc1ccc(C(O)c2cc(Cl)c3c(c2)OCO3)cc1F. The molecule has 0 radical (unpaired) electrons. The summed E-state index contributed by atoms with van der Waals surface area (Å²) in [6.07, 6.45) is -1.03. The van der Waals surface area contributed by atoms with Crippen molar-refractivity contribution in [1.29, 1.82) is 0 Å². The van der Waals surface area contributed by atoms with Crippen LogP contribution in [0.25, 0.3) is 0 Å². The van der Waals surface area contributed by atoms with Crippen LogP contribution in [0.4, 0.5) is 4.39 Å². The highest BCUT2D eigenvalue weighted by Gasteiger charge is 2.22. The Labute approximate surface area is 125 Å². The van der Waals surface area contributed by atoms with E-state index in [1.165, 1.54) is 19.2 Å². The number of aliphatic hydroxyl groups is 1. The molecule has 0 fully saturated rings. The molecule has 4 nitrogen and oxygen atoms in total. The number of rotatable bonds is 3. The molecule has 1 heterocycles. The van der Waals surface area contributed by atoms with E-state index in [2.05, 4.69) is 0 Å². The van der Waals surface area contributed by atoms with Crippen molar-refractivity contribution in [2.24, 2.45) is 0 Å². The molecule has 3 rings (SSSR count). The lowest BCUT2D eigenvalue weighted by Crippen LogP contribution is -2.01. The lowest BCUT2D eigenvalue weighted by molar-refractivity contribution is 0.173. The average molecular weight is 311 g/mol. The Morgan fingerprint density at radius 3 is 2.76 bits per heavy atom. The Hall–Kier alpha value is -1.98. The molecule has 0 saturated heterocycles. The number of benzene rings is 2. The van der Waals surface area contributed by atoms with Gasteiger partial charge in [0.2, 0.25) is 6.79 Å². The van der Waals surface area contributed by atoms with Crippen molar-refractivity contribution in [1.82, 2.24) is 0 Å². The van der Waals surface area contributed by atoms with Crippen LogP contribution in [-0.2, 0) is 0 Å². The van der Waals surface area contributed by atoms with Gasteiger partial charge in [0.05, 0.1) is 12.1 Å². The molecule has 110 valence electrons. The molecule has 2 aromatic carbocycles. The summed E-state index contributed by atoms with van der Waals surface area (Å²) in [5.41, 5.74) is 0.886. The molecule has 1 atom stereocenters. The summed E-state index contributed by atoms with van der Waals surface area (Å²) < 4.78 is 29.0. The fourth-order valence-electron chi connectivity index (χ4n) is 2.19. The highest BCUT2D eigenvalue weighted by atomic mass is 35.5. The highest BCUT2D eigenvalue weighted by Crippen LogP contribution is 2.42. The molecular weight excluding hydrogens is 299 g/mol. The molecule has 21 heavy (non-hydrogen) atoms. The minimum absolute atomic E-state index is 0.0891. The highest BCUT2D eigenvalue weighted by molar-refractivity contribution is 6.32. The fraction of sp³-hybridized carbons (Fsp3) is 0.200. The molecule has 0 aliphatic carbocycles. The predicted molar refractivity (Wildman–Crippen MR) is 74.6 cm³/mol. The largest absolute Gasteiger partial charge is 0.494 e. The third-order valence-corrected chi connectivity index (χ3v) is 3.54. The summed E-state index contributed by atoms with van der Waals surface area (Å²) in [6.45, 7) is 0.0891. The predicted octanol–water partition coefficient (Wildman–Crippen LogP) is 3.30. The van der Waals surface area contributed by atoms with Crippen molar-refractivity contribution in [3.05, 3.63) is 52.3 Å². The number of methoxy groups -OCH3 is 1. The zero-order chi connectivity index (χ0) is 15.0. The first-order valence-electron chi connectivity index (χ1n) is 6.20. The summed E-state index contributed by atoms with van der Waals surface area (Å²) in [6, 6.07) is 7.47. The maximum atomic E-state index is 13.7. The second-order valence-corrected chi connectivity index (χ2v) is 4.94. The van der Waals surface area contributed by atoms with E-state index in [1.54, 1.807) is 18.2 Å². The van der Waals surface area contributed by atoms with Gasteiger partial charge in [0.1, 0.15) is 6.10 Å². The van der Waals surface area contributed by atoms with Crippen molar-refractivity contribution in [2.45, 2.75) is 6.10 Å². The van der Waals surface area contributed by atoms with Gasteiger partial charge in [0, 0.05) is 0 Å². The van der Waals surface area contributed by atoms with Gasteiger partial charge in [0.15, 0.2) is 23.1 Å². The van der Waals surface area contributed by atoms with Gasteiger partial charge in [-0.2, -0.15) is 0 Å². The van der Waals surface area contributed by atoms with E-state index in [4.69, 9.17) is 25.8 Å². The zero-order valence-corrected chi connectivity index (χ0v) is 11.9. The molecule has 0 aromatic heterocycles. The minimum atomic E-state index is -1.03. The molecule has 0 amide bonds. The first kappa shape index (κ1) is 14.0. The number of hydrogen-bond donors (Lipinski definition) is 1. The van der Waals surface area contributed by atoms with Gasteiger partial charge >= 0.3 is 0 Å². The van der Waals surface area contributed by atoms with E-state index >= 15 is 0 Å². The second-order valence-electron chi connectivity index (χ2n) is 4.53. The van der Waals surface area contributed by atoms with Crippen molar-refractivity contribution in [3.8, 4) is 17.2 Å². The molecular formula is C15H12ClFO4. The summed E-state index contributed by atoms with van der Waals surface area (Å²) in [4.78, 5) is 0. The van der Waals surface area contributed by atoms with Gasteiger partial charge in [-0.1, -0.05) is 17.7 Å². The second kappa shape index (κ2) is 5.42. The first-order valence-corrected chi connectivity index (χ1v) is 6.58. The van der Waals surface area contributed by atoms with Crippen molar-refractivity contribution < 1.29 is 23.7 Å². The van der Waals surface area contributed by atoms with Gasteiger partial charge in [-0.3, -0.25) is 0 Å². The maximum Gasteiger partial charge on any atom is 0.231 e. The summed E-state index contributed by atoms with van der Waals surface area (Å²) >= 11 is 6.08. The summed E-state index contributed by atoms with van der Waals surface area (Å²) in [5, 5.41) is 10.7. The van der Waals surface area contributed by atoms with Gasteiger partial charge in [-0.05, 0) is 35.4 Å². The van der Waals surface area contributed by atoms with Gasteiger partial charge < -0.3 is 19.3 Å². The fourth-order valence-corrected chi connectivity index (χ4v) is 2.46. The van der Waals surface area contributed by atoms with Crippen LogP contribution in [0.2, 0.25) is 5.02 Å². The van der Waals surface area contributed by atoms with Crippen molar-refractivity contribution in [3.63, 3.8) is 0 Å². The Balaban J connectivity index is 1.97. The quantitative estimate of drug-likeness (QED) is 0.945. The number of fused-ring (bicyclic) bond motifs is 1. The Morgan fingerprint density at radius 1 is 1.24 bits per heavy atom. The van der Waals surface area contributed by atoms with E-state index in [0.717, 1.165) is 0 Å². The van der Waals surface area contributed by atoms with E-state index in [-0.39, 0.29) is 12.5 Å². The van der Waals surface area contributed by atoms with Crippen LogP contribution in [0.1, 0.15) is 17.2 Å². The molecule has 6 heteroatoms. The first-order chi connectivity index (χ1) is 10.1. The van der Waals surface area contributed by atoms with Gasteiger partial charge in [-0.25, -0.2) is 4.39 Å². The van der Waals surface area contributed by atoms with Crippen LogP contribution in [0.5, 0.6) is 17.2 Å². The summed E-state index contributed by atoms with van der Waals surface area (Å²) in [7, 11) is 1.38. The molecule has 2 aromatic rings. The van der Waals surface area contributed by atoms with E-state index < -0.39 is 11.9 Å². The number of ether oxygens (including phenoxy) is 3. The molecule has 1 N–H and O–H groups in total. The molecule has 1 aliphatic heterocycles. The van der Waals surface area contributed by atoms with Crippen molar-refractivity contribution >= 4 is 11.6 Å². The van der Waals surface area contributed by atoms with Crippen LogP contribution in [0, 0.1) is 5.82 Å². The average Bonchev–Trinajstić information content (AvgIpc) is 2.95. The van der Waals surface area contributed by atoms with E-state index in [9.17, 15) is 9.50 Å². The van der Waals surface area contributed by atoms with Crippen LogP contribution in [-0.4, -0.2) is 19.0 Å². The van der Waals surface area contributed by atoms with Crippen LogP contribution < -0.4 is 14.2 Å². The molecule has 0 saturated carbocycles. The standard InChI is InChI=1S/C15H12ClFO4/c1-19-12-3-2-8(5-11(12)17)14(18)9-4-10(16)15-13(6-9)20-7-21-15/h2-6,14,18H,7H2,1H3. The lowest BCUT2D eigenvalue weighted by Gasteiger charge is -2.14. The smallest absolute Gasteiger partial charge is 0.231 e. The Morgan fingerprint density at radius 2 is 2.05 bits per heavy atom. The van der Waals surface area contributed by atoms with Crippen molar-refractivity contribution in [2.75, 3.05) is 13.9 Å². The monoisotopic (exact) mass is 310 g/mol. The van der Waals surface area contributed by atoms with Crippen LogP contribution >= 0.6 is 11.6 Å². The Bertz CT molecular complexity index is 690. The van der Waals surface area contributed by atoms with E-state index in [1.807, 2.05) is 0 Å². The van der Waals surface area contributed by atoms with Crippen LogP contribution in [0.3, 0.4) is 0 Å². The molecule has 1 unspecified atom stereocenters. The number of hydrogen-bond acceptors (Lipinski definition) is 4. The normalized spacial score (nSPS) is 14.1. The van der Waals surface area contributed by atoms with Gasteiger partial charge in [0.25, 0.3) is 0 Å². The number of halogens is 2.